The maximum atomic E-state index is 13.7. The average Bonchev–Trinajstić information content (AvgIpc) is 3.16. The lowest BCUT2D eigenvalue weighted by molar-refractivity contribution is -0.127. The summed E-state index contributed by atoms with van der Waals surface area (Å²) in [4.78, 5) is 39.0. The number of para-hydroxylation sites is 2. The lowest BCUT2D eigenvalue weighted by Crippen LogP contribution is -2.67. The minimum absolute atomic E-state index is 0.0408. The van der Waals surface area contributed by atoms with Gasteiger partial charge >= 0.3 is 5.91 Å². The summed E-state index contributed by atoms with van der Waals surface area (Å²) in [6.07, 6.45) is 0. The number of hydrogen-bond acceptors (Lipinski definition) is 6. The summed E-state index contributed by atoms with van der Waals surface area (Å²) in [5.74, 6) is -1.53. The number of nitrogens with zero attached hydrogens (tertiary/aromatic N) is 2. The van der Waals surface area contributed by atoms with Crippen molar-refractivity contribution in [2.75, 3.05) is 23.4 Å². The molecule has 0 saturated carbocycles. The van der Waals surface area contributed by atoms with Crippen LogP contribution >= 0.6 is 0 Å². The molecule has 198 valence electrons. The first-order valence-electron chi connectivity index (χ1n) is 12.5. The largest absolute Gasteiger partial charge is 0.348 e. The Labute approximate surface area is 223 Å². The number of amides is 3. The molecule has 0 radical (unpaired) electrons. The van der Waals surface area contributed by atoms with Crippen LogP contribution in [0.5, 0.6) is 0 Å². The molecule has 1 aliphatic rings. The average molecular weight is 515 g/mol. The summed E-state index contributed by atoms with van der Waals surface area (Å²) in [7, 11) is 0. The number of amidine groups is 1. The Morgan fingerprint density at radius 1 is 0.868 bits per heavy atom. The fourth-order valence-electron chi connectivity index (χ4n) is 3.74. The molecule has 9 nitrogen and oxygen atoms in total. The van der Waals surface area contributed by atoms with Crippen molar-refractivity contribution < 1.29 is 14.4 Å². The normalized spacial score (nSPS) is 16.2. The number of carbonyl (C=O) groups is 3. The zero-order valence-electron chi connectivity index (χ0n) is 22.1. The fraction of sp³-hybridized carbons (Fsp3) is 0.241. The summed E-state index contributed by atoms with van der Waals surface area (Å²) in [6.45, 7) is 9.61. The van der Waals surface area contributed by atoms with E-state index in [1.807, 2.05) is 31.2 Å². The van der Waals surface area contributed by atoms with Crippen molar-refractivity contribution in [2.45, 2.75) is 33.4 Å². The third-order valence-electron chi connectivity index (χ3n) is 5.58. The Hall–Kier alpha value is -4.50. The quantitative estimate of drug-likeness (QED) is 0.360. The van der Waals surface area contributed by atoms with Gasteiger partial charge in [0.2, 0.25) is 5.91 Å². The monoisotopic (exact) mass is 514 g/mol. The smallest absolute Gasteiger partial charge is 0.302 e. The fourth-order valence-corrected chi connectivity index (χ4v) is 3.74. The van der Waals surface area contributed by atoms with Crippen LogP contribution in [0.2, 0.25) is 0 Å². The van der Waals surface area contributed by atoms with Crippen LogP contribution in [0.3, 0.4) is 0 Å². The number of anilines is 2. The molecule has 0 fully saturated rings. The van der Waals surface area contributed by atoms with E-state index in [1.165, 1.54) is 6.92 Å². The molecule has 0 aromatic heterocycles. The van der Waals surface area contributed by atoms with Gasteiger partial charge in [-0.3, -0.25) is 14.4 Å². The molecular formula is C29H34N6O3. The molecule has 1 unspecified atom stereocenters. The van der Waals surface area contributed by atoms with Gasteiger partial charge in [-0.05, 0) is 56.4 Å². The summed E-state index contributed by atoms with van der Waals surface area (Å²) < 4.78 is 0. The second kappa shape index (κ2) is 13.2. The molecule has 0 saturated heterocycles. The summed E-state index contributed by atoms with van der Waals surface area (Å²) in [6, 6.07) is 24.7. The van der Waals surface area contributed by atoms with E-state index in [9.17, 15) is 14.4 Å². The Balaban J connectivity index is 0.000000732. The van der Waals surface area contributed by atoms with Crippen LogP contribution in [0.15, 0.2) is 90.0 Å². The summed E-state index contributed by atoms with van der Waals surface area (Å²) >= 11 is 0. The highest BCUT2D eigenvalue weighted by atomic mass is 16.2. The molecule has 3 amide bonds. The standard InChI is InChI=1S/C25H23N5O3.C4H11N/c1-17-13-15-19(16-14-17)22(32)26-23-25(27-18(2)31,28-20-9-5-3-6-10-20)24(33)30(29-23)21-11-7-4-8-12-21;1-3-5-4-2/h3-16,28H,1-2H3,(H,27,31)(H,26,29,32);5H,3-4H2,1-2H3. The van der Waals surface area contributed by atoms with Crippen molar-refractivity contribution in [3.63, 3.8) is 0 Å². The topological polar surface area (TPSA) is 115 Å². The third-order valence-corrected chi connectivity index (χ3v) is 5.58. The van der Waals surface area contributed by atoms with Gasteiger partial charge in [-0.25, -0.2) is 0 Å². The molecule has 1 heterocycles. The highest BCUT2D eigenvalue weighted by Gasteiger charge is 2.54. The lowest BCUT2D eigenvalue weighted by atomic mass is 10.1. The van der Waals surface area contributed by atoms with Crippen LogP contribution in [0.1, 0.15) is 36.7 Å². The van der Waals surface area contributed by atoms with E-state index >= 15 is 0 Å². The van der Waals surface area contributed by atoms with Crippen molar-refractivity contribution in [3.05, 3.63) is 96.1 Å². The summed E-state index contributed by atoms with van der Waals surface area (Å²) in [5, 5.41) is 17.2. The van der Waals surface area contributed by atoms with E-state index in [0.29, 0.717) is 16.9 Å². The highest BCUT2D eigenvalue weighted by molar-refractivity contribution is 6.28. The van der Waals surface area contributed by atoms with Crippen molar-refractivity contribution in [3.8, 4) is 0 Å². The molecule has 3 aromatic rings. The first-order valence-corrected chi connectivity index (χ1v) is 12.5. The number of carbonyl (C=O) groups excluding carboxylic acids is 3. The van der Waals surface area contributed by atoms with Gasteiger partial charge in [-0.2, -0.15) is 5.01 Å². The molecular weight excluding hydrogens is 480 g/mol. The predicted octanol–water partition coefficient (Wildman–Crippen LogP) is 3.65. The minimum Gasteiger partial charge on any atom is -0.348 e. The minimum atomic E-state index is -1.82. The second-order valence-corrected chi connectivity index (χ2v) is 8.60. The van der Waals surface area contributed by atoms with Crippen LogP contribution in [0, 0.1) is 6.92 Å². The number of rotatable bonds is 7. The van der Waals surface area contributed by atoms with Gasteiger partial charge in [0.05, 0.1) is 5.69 Å². The van der Waals surface area contributed by atoms with Crippen LogP contribution in [-0.2, 0) is 9.59 Å². The number of hydrogen-bond donors (Lipinski definition) is 4. The van der Waals surface area contributed by atoms with E-state index in [-0.39, 0.29) is 5.84 Å². The number of hydrazone groups is 1. The van der Waals surface area contributed by atoms with Gasteiger partial charge in [-0.15, -0.1) is 5.10 Å². The van der Waals surface area contributed by atoms with Gasteiger partial charge in [-0.1, -0.05) is 67.9 Å². The Kier molecular flexibility index (Phi) is 9.72. The first kappa shape index (κ1) is 28.1. The van der Waals surface area contributed by atoms with Gasteiger partial charge in [0.15, 0.2) is 5.84 Å². The Morgan fingerprint density at radius 2 is 1.45 bits per heavy atom. The first-order chi connectivity index (χ1) is 18.3. The van der Waals surface area contributed by atoms with Crippen LogP contribution in [-0.4, -0.2) is 42.3 Å². The van der Waals surface area contributed by atoms with Gasteiger partial charge in [0.25, 0.3) is 11.6 Å². The summed E-state index contributed by atoms with van der Waals surface area (Å²) in [5.41, 5.74) is 0.640. The van der Waals surface area contributed by atoms with Crippen molar-refractivity contribution >= 4 is 34.9 Å². The molecule has 38 heavy (non-hydrogen) atoms. The molecule has 0 spiro atoms. The lowest BCUT2D eigenvalue weighted by Gasteiger charge is -2.31. The maximum Gasteiger partial charge on any atom is 0.302 e. The van der Waals surface area contributed by atoms with Crippen molar-refractivity contribution in [1.29, 1.82) is 0 Å². The third kappa shape index (κ3) is 6.83. The molecule has 0 bridgehead atoms. The van der Waals surface area contributed by atoms with Gasteiger partial charge in [0.1, 0.15) is 0 Å². The zero-order chi connectivity index (χ0) is 27.5. The number of aryl methyl sites for hydroxylation is 1. The number of nitrogens with one attached hydrogen (secondary N) is 4. The predicted molar refractivity (Wildman–Crippen MR) is 151 cm³/mol. The van der Waals surface area contributed by atoms with Crippen molar-refractivity contribution in [1.82, 2.24) is 16.0 Å². The van der Waals surface area contributed by atoms with Crippen molar-refractivity contribution in [2.24, 2.45) is 5.10 Å². The molecule has 4 N–H and O–H groups in total. The Morgan fingerprint density at radius 3 is 1.97 bits per heavy atom. The van der Waals surface area contributed by atoms with E-state index in [4.69, 9.17) is 0 Å². The Bertz CT molecular complexity index is 1260. The number of benzene rings is 3. The van der Waals surface area contributed by atoms with Crippen LogP contribution in [0.4, 0.5) is 11.4 Å². The molecule has 4 rings (SSSR count). The maximum absolute atomic E-state index is 13.7. The van der Waals surface area contributed by atoms with Crippen LogP contribution in [0.25, 0.3) is 0 Å². The van der Waals surface area contributed by atoms with Gasteiger partial charge < -0.3 is 21.3 Å². The van der Waals surface area contributed by atoms with E-state index in [1.54, 1.807) is 60.7 Å². The van der Waals surface area contributed by atoms with Crippen LogP contribution < -0.4 is 26.3 Å². The van der Waals surface area contributed by atoms with E-state index < -0.39 is 23.4 Å². The molecule has 3 aromatic carbocycles. The zero-order valence-corrected chi connectivity index (χ0v) is 22.1. The molecule has 1 atom stereocenters. The molecule has 1 aliphatic heterocycles. The van der Waals surface area contributed by atoms with E-state index in [2.05, 4.69) is 40.2 Å². The second-order valence-electron chi connectivity index (χ2n) is 8.60. The van der Waals surface area contributed by atoms with Gasteiger partial charge in [0, 0.05) is 18.2 Å². The molecule has 9 heteroatoms. The SMILES string of the molecule is CC(=O)NC1(Nc2ccccc2)C(=O)N(c2ccccc2)N=C1NC(=O)c1ccc(C)cc1.CCNCC. The highest BCUT2D eigenvalue weighted by Crippen LogP contribution is 2.28. The molecule has 0 aliphatic carbocycles. The van der Waals surface area contributed by atoms with E-state index in [0.717, 1.165) is 23.7 Å².